The van der Waals surface area contributed by atoms with Crippen molar-refractivity contribution in [1.82, 2.24) is 9.71 Å². The molecule has 3 nitrogen and oxygen atoms in total. The lowest BCUT2D eigenvalue weighted by molar-refractivity contribution is 0.167. The highest BCUT2D eigenvalue weighted by atomic mass is 16.5. The normalized spacial score (nSPS) is 10.8. The molecule has 1 aromatic rings. The molecule has 1 heterocycles. The Morgan fingerprint density at radius 2 is 2.20 bits per heavy atom. The maximum absolute atomic E-state index is 9.26. The number of imidazole rings is 1. The van der Waals surface area contributed by atoms with Gasteiger partial charge >= 0.3 is 0 Å². The molecule has 1 rings (SSSR count). The van der Waals surface area contributed by atoms with Crippen molar-refractivity contribution in [2.75, 3.05) is 0 Å². The minimum Gasteiger partial charge on any atom is -0.427 e. The molecule has 0 amide bonds. The van der Waals surface area contributed by atoms with Crippen molar-refractivity contribution in [2.24, 2.45) is 0 Å². The average Bonchev–Trinajstić information content (AvgIpc) is 2.14. The van der Waals surface area contributed by atoms with E-state index < -0.39 is 0 Å². The van der Waals surface area contributed by atoms with Crippen LogP contribution in [0.2, 0.25) is 0 Å². The smallest absolute Gasteiger partial charge is 0.147 e. The molecule has 10 heavy (non-hydrogen) atoms. The van der Waals surface area contributed by atoms with E-state index in [1.807, 2.05) is 20.8 Å². The summed E-state index contributed by atoms with van der Waals surface area (Å²) in [5, 5.41) is 9.26. The lowest BCUT2D eigenvalue weighted by atomic mass is 10.2. The summed E-state index contributed by atoms with van der Waals surface area (Å²) in [5.41, 5.74) is 0.781. The van der Waals surface area contributed by atoms with E-state index >= 15 is 0 Å². The van der Waals surface area contributed by atoms with Crippen LogP contribution in [0.25, 0.3) is 0 Å². The van der Waals surface area contributed by atoms with Gasteiger partial charge in [-0.05, 0) is 6.92 Å². The van der Waals surface area contributed by atoms with Gasteiger partial charge in [0.1, 0.15) is 5.82 Å². The Bertz CT molecular complexity index is 228. The largest absolute Gasteiger partial charge is 0.427 e. The number of hydrogen-bond donors (Lipinski definition) is 1. The Balaban J connectivity index is 3.05. The molecule has 0 bridgehead atoms. The zero-order chi connectivity index (χ0) is 7.72. The summed E-state index contributed by atoms with van der Waals surface area (Å²) < 4.78 is 1.13. The molecule has 0 saturated carbocycles. The van der Waals surface area contributed by atoms with Crippen molar-refractivity contribution in [3.05, 3.63) is 17.7 Å². The Hall–Kier alpha value is -0.990. The van der Waals surface area contributed by atoms with Crippen LogP contribution in [0.15, 0.2) is 6.20 Å². The van der Waals surface area contributed by atoms with Gasteiger partial charge in [0.2, 0.25) is 0 Å². The molecule has 56 valence electrons. The minimum absolute atomic E-state index is 0.277. The second-order valence-electron chi connectivity index (χ2n) is 2.72. The van der Waals surface area contributed by atoms with Gasteiger partial charge in [-0.2, -0.15) is 4.73 Å². The monoisotopic (exact) mass is 140 g/mol. The van der Waals surface area contributed by atoms with E-state index in [1.165, 1.54) is 0 Å². The molecular formula is C7H12N2O. The fourth-order valence-corrected chi connectivity index (χ4v) is 0.843. The summed E-state index contributed by atoms with van der Waals surface area (Å²) in [4.78, 5) is 4.03. The minimum atomic E-state index is 0.277. The molecule has 0 aliphatic carbocycles. The van der Waals surface area contributed by atoms with Crippen molar-refractivity contribution in [3.63, 3.8) is 0 Å². The van der Waals surface area contributed by atoms with Crippen LogP contribution in [0.3, 0.4) is 0 Å². The van der Waals surface area contributed by atoms with E-state index in [2.05, 4.69) is 4.98 Å². The molecular weight excluding hydrogens is 128 g/mol. The second-order valence-corrected chi connectivity index (χ2v) is 2.72. The average molecular weight is 140 g/mol. The Morgan fingerprint density at radius 3 is 2.40 bits per heavy atom. The van der Waals surface area contributed by atoms with Crippen LogP contribution < -0.4 is 0 Å². The highest BCUT2D eigenvalue weighted by Crippen LogP contribution is 2.11. The number of nitrogens with zero attached hydrogens (tertiary/aromatic N) is 2. The van der Waals surface area contributed by atoms with Crippen LogP contribution in [0, 0.1) is 6.92 Å². The lowest BCUT2D eigenvalue weighted by Crippen LogP contribution is -2.02. The van der Waals surface area contributed by atoms with Crippen molar-refractivity contribution < 1.29 is 5.21 Å². The Labute approximate surface area is 60.3 Å². The van der Waals surface area contributed by atoms with Gasteiger partial charge in [0, 0.05) is 5.92 Å². The summed E-state index contributed by atoms with van der Waals surface area (Å²) in [6.45, 7) is 5.81. The molecule has 3 heteroatoms. The fourth-order valence-electron chi connectivity index (χ4n) is 0.843. The first-order chi connectivity index (χ1) is 4.63. The summed E-state index contributed by atoms with van der Waals surface area (Å²) in [6, 6.07) is 0. The molecule has 0 aromatic carbocycles. The standard InChI is InChI=1S/C7H12N2O/c1-5(2)7-8-4-6(3)9(7)10/h4-5,10H,1-3H3. The fraction of sp³-hybridized carbons (Fsp3) is 0.571. The van der Waals surface area contributed by atoms with Gasteiger partial charge in [-0.25, -0.2) is 4.98 Å². The Kier molecular flexibility index (Phi) is 1.66. The van der Waals surface area contributed by atoms with Crippen LogP contribution in [0.1, 0.15) is 31.3 Å². The van der Waals surface area contributed by atoms with Gasteiger partial charge < -0.3 is 5.21 Å². The van der Waals surface area contributed by atoms with Gasteiger partial charge in [-0.1, -0.05) is 13.8 Å². The summed E-state index contributed by atoms with van der Waals surface area (Å²) >= 11 is 0. The first-order valence-corrected chi connectivity index (χ1v) is 3.36. The second kappa shape index (κ2) is 2.33. The summed E-state index contributed by atoms with van der Waals surface area (Å²) in [6.07, 6.45) is 1.66. The molecule has 0 aliphatic rings. The lowest BCUT2D eigenvalue weighted by Gasteiger charge is -2.03. The van der Waals surface area contributed by atoms with Crippen LogP contribution in [-0.2, 0) is 0 Å². The Morgan fingerprint density at radius 1 is 1.60 bits per heavy atom. The third kappa shape index (κ3) is 0.988. The maximum atomic E-state index is 9.26. The molecule has 0 spiro atoms. The maximum Gasteiger partial charge on any atom is 0.147 e. The van der Waals surface area contributed by atoms with Crippen molar-refractivity contribution in [3.8, 4) is 0 Å². The number of hydrogen-bond acceptors (Lipinski definition) is 2. The SMILES string of the molecule is Cc1cnc(C(C)C)n1O. The van der Waals surface area contributed by atoms with E-state index in [-0.39, 0.29) is 5.92 Å². The number of aromatic nitrogens is 2. The van der Waals surface area contributed by atoms with Crippen molar-refractivity contribution in [1.29, 1.82) is 0 Å². The van der Waals surface area contributed by atoms with Crippen LogP contribution >= 0.6 is 0 Å². The third-order valence-corrected chi connectivity index (χ3v) is 1.45. The van der Waals surface area contributed by atoms with Crippen molar-refractivity contribution in [2.45, 2.75) is 26.7 Å². The summed E-state index contributed by atoms with van der Waals surface area (Å²) in [7, 11) is 0. The predicted molar refractivity (Wildman–Crippen MR) is 38.2 cm³/mol. The predicted octanol–water partition coefficient (Wildman–Crippen LogP) is 1.55. The first kappa shape index (κ1) is 7.12. The zero-order valence-corrected chi connectivity index (χ0v) is 6.50. The van der Waals surface area contributed by atoms with Gasteiger partial charge in [-0.3, -0.25) is 0 Å². The van der Waals surface area contributed by atoms with E-state index in [1.54, 1.807) is 6.20 Å². The topological polar surface area (TPSA) is 38.0 Å². The molecule has 0 radical (unpaired) electrons. The molecule has 0 atom stereocenters. The van der Waals surface area contributed by atoms with Gasteiger partial charge in [0.05, 0.1) is 11.9 Å². The van der Waals surface area contributed by atoms with Gasteiger partial charge in [0.25, 0.3) is 0 Å². The van der Waals surface area contributed by atoms with Crippen LogP contribution in [0.4, 0.5) is 0 Å². The first-order valence-electron chi connectivity index (χ1n) is 3.36. The highest BCUT2D eigenvalue weighted by molar-refractivity contribution is 5.03. The van der Waals surface area contributed by atoms with E-state index in [4.69, 9.17) is 0 Å². The third-order valence-electron chi connectivity index (χ3n) is 1.45. The quantitative estimate of drug-likeness (QED) is 0.601. The highest BCUT2D eigenvalue weighted by Gasteiger charge is 2.07. The molecule has 0 aliphatic heterocycles. The van der Waals surface area contributed by atoms with Crippen LogP contribution in [0.5, 0.6) is 0 Å². The molecule has 1 N–H and O–H groups in total. The van der Waals surface area contributed by atoms with Crippen LogP contribution in [-0.4, -0.2) is 14.9 Å². The van der Waals surface area contributed by atoms with Gasteiger partial charge in [-0.15, -0.1) is 0 Å². The summed E-state index contributed by atoms with van der Waals surface area (Å²) in [5.74, 6) is 0.996. The number of aryl methyl sites for hydroxylation is 1. The molecule has 0 saturated heterocycles. The van der Waals surface area contributed by atoms with Gasteiger partial charge in [0.15, 0.2) is 0 Å². The zero-order valence-electron chi connectivity index (χ0n) is 6.50. The number of rotatable bonds is 1. The molecule has 0 unspecified atom stereocenters. The van der Waals surface area contributed by atoms with E-state index in [0.717, 1.165) is 16.2 Å². The van der Waals surface area contributed by atoms with E-state index in [0.29, 0.717) is 0 Å². The van der Waals surface area contributed by atoms with E-state index in [9.17, 15) is 5.21 Å². The molecule has 1 aromatic heterocycles. The molecule has 0 fully saturated rings. The van der Waals surface area contributed by atoms with Crippen molar-refractivity contribution >= 4 is 0 Å².